The highest BCUT2D eigenvalue weighted by Gasteiger charge is 2.26. The third kappa shape index (κ3) is 12.9. The van der Waals surface area contributed by atoms with Crippen molar-refractivity contribution in [2.75, 3.05) is 106 Å². The van der Waals surface area contributed by atoms with Gasteiger partial charge < -0.3 is 56.8 Å². The lowest BCUT2D eigenvalue weighted by molar-refractivity contribution is 0.0744. The third-order valence-corrected chi connectivity index (χ3v) is 16.9. The molecule has 4 heterocycles. The molecule has 8 aromatic rings. The summed E-state index contributed by atoms with van der Waals surface area (Å²) < 4.78 is 78.5. The predicted molar refractivity (Wildman–Crippen MR) is 335 cm³/mol. The molecule has 0 amide bonds. The van der Waals surface area contributed by atoms with Gasteiger partial charge in [0.15, 0.2) is 0 Å². The van der Waals surface area contributed by atoms with Crippen molar-refractivity contribution in [1.29, 1.82) is 0 Å². The number of benzene rings is 8. The minimum Gasteiger partial charge on any atom is -0.491 e. The van der Waals surface area contributed by atoms with Crippen molar-refractivity contribution in [3.63, 3.8) is 0 Å². The highest BCUT2D eigenvalue weighted by molar-refractivity contribution is 5.62. The van der Waals surface area contributed by atoms with Crippen LogP contribution in [0.1, 0.15) is 100 Å². The maximum atomic E-state index is 6.86. The molecule has 0 saturated heterocycles. The first kappa shape index (κ1) is 56.9. The maximum absolute atomic E-state index is 6.86. The van der Waals surface area contributed by atoms with E-state index in [1.807, 2.05) is 0 Å². The fourth-order valence-corrected chi connectivity index (χ4v) is 13.0. The van der Waals surface area contributed by atoms with Crippen LogP contribution in [0.2, 0.25) is 0 Å². The Morgan fingerprint density at radius 3 is 0.534 bits per heavy atom. The quantitative estimate of drug-likeness (QED) is 0.135. The van der Waals surface area contributed by atoms with Crippen LogP contribution in [0.3, 0.4) is 0 Å². The Balaban J connectivity index is 0.898. The molecule has 0 atom stereocenters. The molecular formula is C76H70O12. The molecule has 88 heavy (non-hydrogen) atoms. The van der Waals surface area contributed by atoms with Gasteiger partial charge in [0.1, 0.15) is 98.9 Å². The molecule has 12 nitrogen and oxygen atoms in total. The number of hydrogen-bond acceptors (Lipinski definition) is 12. The van der Waals surface area contributed by atoms with E-state index in [0.717, 1.165) is 146 Å². The molecule has 0 unspecified atom stereocenters. The molecule has 6 aliphatic rings. The summed E-state index contributed by atoms with van der Waals surface area (Å²) in [5.41, 5.74) is 18.2. The van der Waals surface area contributed by atoms with Crippen molar-refractivity contribution in [3.8, 4) is 69.7 Å². The van der Waals surface area contributed by atoms with Crippen LogP contribution in [-0.4, -0.2) is 106 Å². The van der Waals surface area contributed by atoms with Crippen molar-refractivity contribution in [2.24, 2.45) is 0 Å². The summed E-state index contributed by atoms with van der Waals surface area (Å²) in [6.45, 7) is 6.55. The van der Waals surface area contributed by atoms with Crippen molar-refractivity contribution in [3.05, 3.63) is 234 Å². The second-order valence-corrected chi connectivity index (χ2v) is 22.8. The molecular weight excluding hydrogens is 1100 g/mol. The van der Waals surface area contributed by atoms with Gasteiger partial charge in [-0.05, 0) is 103 Å². The van der Waals surface area contributed by atoms with E-state index < -0.39 is 0 Å². The van der Waals surface area contributed by atoms with E-state index in [2.05, 4.69) is 157 Å². The van der Waals surface area contributed by atoms with E-state index in [1.54, 1.807) is 0 Å². The summed E-state index contributed by atoms with van der Waals surface area (Å²) in [6, 6.07) is 47.2. The van der Waals surface area contributed by atoms with E-state index in [-0.39, 0.29) is 0 Å². The zero-order valence-corrected chi connectivity index (χ0v) is 49.6. The summed E-state index contributed by atoms with van der Waals surface area (Å²) in [5.74, 6) is 20.3. The zero-order valence-electron chi connectivity index (χ0n) is 49.6. The highest BCUT2D eigenvalue weighted by atomic mass is 16.6. The molecule has 0 N–H and O–H groups in total. The smallest absolute Gasteiger partial charge is 0.126 e. The Morgan fingerprint density at radius 1 is 0.193 bits per heavy atom. The first-order valence-electron chi connectivity index (χ1n) is 30.9. The van der Waals surface area contributed by atoms with E-state index in [1.165, 1.54) is 0 Å². The number of rotatable bonds is 0. The minimum absolute atomic E-state index is 0.363. The first-order valence-corrected chi connectivity index (χ1v) is 30.9. The van der Waals surface area contributed by atoms with Crippen molar-refractivity contribution >= 4 is 0 Å². The van der Waals surface area contributed by atoms with Crippen LogP contribution in [0.5, 0.6) is 46.0 Å². The number of ether oxygens (including phenoxy) is 12. The normalized spacial score (nSPS) is 16.6. The maximum Gasteiger partial charge on any atom is 0.126 e. The fraction of sp³-hybridized carbons (Fsp3) is 0.316. The highest BCUT2D eigenvalue weighted by Crippen LogP contribution is 2.43. The van der Waals surface area contributed by atoms with Crippen LogP contribution in [0.4, 0.5) is 0 Å². The molecule has 0 radical (unpaired) electrons. The summed E-state index contributed by atoms with van der Waals surface area (Å²) in [5, 5.41) is 0. The first-order chi connectivity index (χ1) is 43.6. The molecule has 0 spiro atoms. The number of para-hydroxylation sites is 6. The van der Waals surface area contributed by atoms with E-state index in [9.17, 15) is 0 Å². The summed E-state index contributed by atoms with van der Waals surface area (Å²) in [7, 11) is 0. The molecule has 0 aromatic heterocycles. The summed E-state index contributed by atoms with van der Waals surface area (Å²) in [4.78, 5) is 0. The fourth-order valence-electron chi connectivity index (χ4n) is 13.0. The lowest BCUT2D eigenvalue weighted by atomic mass is 9.90. The van der Waals surface area contributed by atoms with Gasteiger partial charge in [-0.2, -0.15) is 0 Å². The predicted octanol–water partition coefficient (Wildman–Crippen LogP) is 11.6. The third-order valence-electron chi connectivity index (χ3n) is 16.9. The van der Waals surface area contributed by atoms with E-state index in [0.29, 0.717) is 157 Å². The van der Waals surface area contributed by atoms with Crippen LogP contribution in [0, 0.1) is 23.7 Å². The van der Waals surface area contributed by atoms with E-state index >= 15 is 0 Å². The van der Waals surface area contributed by atoms with Crippen molar-refractivity contribution in [1.82, 2.24) is 0 Å². The van der Waals surface area contributed by atoms with Crippen LogP contribution < -0.4 is 37.9 Å². The lowest BCUT2D eigenvalue weighted by Crippen LogP contribution is -2.17. The Bertz CT molecular complexity index is 3740. The van der Waals surface area contributed by atoms with Gasteiger partial charge in [-0.3, -0.25) is 0 Å². The summed E-state index contributed by atoms with van der Waals surface area (Å²) in [6.07, 6.45) is 4.51. The topological polar surface area (TPSA) is 111 Å². The average molecular weight is 1180 g/mol. The Kier molecular flexibility index (Phi) is 17.5. The SMILES string of the molecule is C(C#Cc1cc2c3c(c1)Cc1cccc(c1OCCOCCO3)Cc1cccc3c1OCCOCCOc1c(cccc1C2)C3)#Cc1cc2c3c(c1)Cc1cccc(c1OCCOCCO3)Cc1cccc3c1OCCOCCOc1c(cccc1C2)C3. The standard InChI is InChI=1S/C76H70O12/c1(9-51-39-65-47-61-19-5-15-57-43-53-11-3-13-55(69(53)81-31-23-77-25-33-83-71(57)61)45-59-17-7-21-63-49-67(41-51)75(65)87-37-29-79-27-35-85-73(59)63)2-10-52-40-66-48-62-20-6-16-58-44-54-12-4-14-56(70(54)82-32-24-78-26-34-84-72(58)62)46-60-18-8-22-64-50-68(42-52)76(66)88-38-30-80-28-36-86-74(60)64/h3-8,11-22,39-42H,23-38,43-50H2. The molecule has 0 saturated carbocycles. The van der Waals surface area contributed by atoms with Crippen LogP contribution in [0.25, 0.3) is 0 Å². The van der Waals surface area contributed by atoms with Gasteiger partial charge in [0.2, 0.25) is 0 Å². The zero-order chi connectivity index (χ0) is 58.9. The average Bonchev–Trinajstić information content (AvgIpc) is 3.35. The molecule has 8 aromatic carbocycles. The Hall–Kier alpha value is -8.88. The van der Waals surface area contributed by atoms with Crippen LogP contribution >= 0.6 is 0 Å². The van der Waals surface area contributed by atoms with E-state index in [4.69, 9.17) is 56.8 Å². The Morgan fingerprint density at radius 2 is 0.352 bits per heavy atom. The lowest BCUT2D eigenvalue weighted by Gasteiger charge is -2.24. The van der Waals surface area contributed by atoms with Gasteiger partial charge >= 0.3 is 0 Å². The molecule has 446 valence electrons. The molecule has 14 rings (SSSR count). The molecule has 24 bridgehead atoms. The number of hydrogen-bond donors (Lipinski definition) is 0. The van der Waals surface area contributed by atoms with Gasteiger partial charge in [0.05, 0.1) is 52.9 Å². The second-order valence-electron chi connectivity index (χ2n) is 22.8. The molecule has 12 heteroatoms. The van der Waals surface area contributed by atoms with Crippen molar-refractivity contribution < 1.29 is 56.8 Å². The second kappa shape index (κ2) is 27.0. The summed E-state index contributed by atoms with van der Waals surface area (Å²) >= 11 is 0. The van der Waals surface area contributed by atoms with Gasteiger partial charge in [0, 0.05) is 84.7 Å². The molecule has 0 fully saturated rings. The Labute approximate surface area is 514 Å². The van der Waals surface area contributed by atoms with Crippen molar-refractivity contribution in [2.45, 2.75) is 51.4 Å². The van der Waals surface area contributed by atoms with Crippen LogP contribution in [0.15, 0.2) is 133 Å². The largest absolute Gasteiger partial charge is 0.491 e. The molecule has 2 aliphatic carbocycles. The minimum atomic E-state index is 0.363. The van der Waals surface area contributed by atoms with Gasteiger partial charge in [-0.15, -0.1) is 0 Å². The van der Waals surface area contributed by atoms with Gasteiger partial charge in [0.25, 0.3) is 0 Å². The monoisotopic (exact) mass is 1170 g/mol. The van der Waals surface area contributed by atoms with Gasteiger partial charge in [-0.1, -0.05) is 121 Å². The molecule has 4 aliphatic heterocycles. The van der Waals surface area contributed by atoms with Gasteiger partial charge in [-0.25, -0.2) is 0 Å². The van der Waals surface area contributed by atoms with Crippen LogP contribution in [-0.2, 0) is 70.3 Å².